The van der Waals surface area contributed by atoms with Crippen LogP contribution in [0.5, 0.6) is 5.75 Å². The van der Waals surface area contributed by atoms with Crippen LogP contribution in [0.2, 0.25) is 0 Å². The molecule has 0 fully saturated rings. The number of benzene rings is 1. The third kappa shape index (κ3) is 3.38. The fourth-order valence-corrected chi connectivity index (χ4v) is 3.94. The molecule has 9 nitrogen and oxygen atoms in total. The molecule has 1 aromatic carbocycles. The fraction of sp³-hybridized carbons (Fsp3) is 0.211. The van der Waals surface area contributed by atoms with Gasteiger partial charge in [0, 0.05) is 10.4 Å². The number of thiophene rings is 1. The minimum Gasteiger partial charge on any atom is -0.494 e. The number of ether oxygens (including phenoxy) is 2. The number of esters is 1. The molecule has 0 spiro atoms. The summed E-state index contributed by atoms with van der Waals surface area (Å²) in [5, 5.41) is 16.3. The largest absolute Gasteiger partial charge is 0.494 e. The van der Waals surface area contributed by atoms with Crippen molar-refractivity contribution in [2.75, 3.05) is 19.0 Å². The lowest BCUT2D eigenvalue weighted by molar-refractivity contribution is -0.136. The Balaban J connectivity index is 1.85. The van der Waals surface area contributed by atoms with Crippen LogP contribution in [0.25, 0.3) is 0 Å². The Bertz CT molecular complexity index is 1070. The summed E-state index contributed by atoms with van der Waals surface area (Å²) in [6, 6.07) is 9.83. The van der Waals surface area contributed by atoms with E-state index in [9.17, 15) is 9.59 Å². The second-order valence-electron chi connectivity index (χ2n) is 6.06. The number of fused-ring (bicyclic) bond motifs is 1. The van der Waals surface area contributed by atoms with E-state index in [1.54, 1.807) is 24.3 Å². The van der Waals surface area contributed by atoms with Crippen LogP contribution in [-0.2, 0) is 9.53 Å². The SMILES string of the molecule is CCOc1ccc(C(=O)C2=C(C(=O)OC)Nc3nnnn3[C@@H]2c2cccs2)cc1. The Labute approximate surface area is 169 Å². The maximum Gasteiger partial charge on any atom is 0.355 e. The van der Waals surface area contributed by atoms with E-state index in [0.717, 1.165) is 4.88 Å². The molecule has 0 unspecified atom stereocenters. The van der Waals surface area contributed by atoms with Crippen LogP contribution in [0, 0.1) is 0 Å². The number of aromatic nitrogens is 4. The molecule has 148 valence electrons. The summed E-state index contributed by atoms with van der Waals surface area (Å²) in [6.45, 7) is 2.41. The summed E-state index contributed by atoms with van der Waals surface area (Å²) >= 11 is 1.44. The van der Waals surface area contributed by atoms with E-state index in [2.05, 4.69) is 20.8 Å². The van der Waals surface area contributed by atoms with E-state index < -0.39 is 12.0 Å². The third-order valence-electron chi connectivity index (χ3n) is 4.39. The summed E-state index contributed by atoms with van der Waals surface area (Å²) in [5.74, 6) is -0.0896. The first kappa shape index (κ1) is 18.8. The summed E-state index contributed by atoms with van der Waals surface area (Å²) in [6.07, 6.45) is 0. The second-order valence-corrected chi connectivity index (χ2v) is 7.04. The van der Waals surface area contributed by atoms with Crippen molar-refractivity contribution in [1.82, 2.24) is 20.2 Å². The highest BCUT2D eigenvalue weighted by molar-refractivity contribution is 7.10. The maximum atomic E-state index is 13.5. The van der Waals surface area contributed by atoms with Crippen molar-refractivity contribution in [3.8, 4) is 5.75 Å². The van der Waals surface area contributed by atoms with Gasteiger partial charge in [0.1, 0.15) is 17.5 Å². The van der Waals surface area contributed by atoms with Crippen LogP contribution in [0.1, 0.15) is 28.2 Å². The predicted octanol–water partition coefficient (Wildman–Crippen LogP) is 2.46. The number of carbonyl (C=O) groups is 2. The molecule has 0 saturated heterocycles. The molecule has 0 amide bonds. The van der Waals surface area contributed by atoms with Gasteiger partial charge in [-0.25, -0.2) is 4.79 Å². The van der Waals surface area contributed by atoms with Crippen LogP contribution in [-0.4, -0.2) is 45.7 Å². The number of rotatable bonds is 6. The maximum absolute atomic E-state index is 13.5. The van der Waals surface area contributed by atoms with E-state index in [0.29, 0.717) is 17.9 Å². The number of tetrazole rings is 1. The van der Waals surface area contributed by atoms with Gasteiger partial charge in [0.25, 0.3) is 0 Å². The van der Waals surface area contributed by atoms with Crippen molar-refractivity contribution in [3.05, 3.63) is 63.5 Å². The van der Waals surface area contributed by atoms with Gasteiger partial charge in [-0.1, -0.05) is 11.2 Å². The van der Waals surface area contributed by atoms with Gasteiger partial charge in [0.15, 0.2) is 5.78 Å². The topological polar surface area (TPSA) is 108 Å². The van der Waals surface area contributed by atoms with Crippen LogP contribution in [0.15, 0.2) is 53.0 Å². The zero-order valence-electron chi connectivity index (χ0n) is 15.7. The van der Waals surface area contributed by atoms with Crippen molar-refractivity contribution in [2.45, 2.75) is 13.0 Å². The summed E-state index contributed by atoms with van der Waals surface area (Å²) < 4.78 is 11.8. The first-order valence-electron chi connectivity index (χ1n) is 8.82. The molecule has 3 aromatic rings. The normalized spacial score (nSPS) is 15.4. The molecule has 0 aliphatic carbocycles. The zero-order valence-corrected chi connectivity index (χ0v) is 16.5. The van der Waals surface area contributed by atoms with Crippen molar-refractivity contribution >= 4 is 29.0 Å². The molecular formula is C19H17N5O4S. The van der Waals surface area contributed by atoms with Gasteiger partial charge >= 0.3 is 5.97 Å². The number of nitrogens with zero attached hydrogens (tertiary/aromatic N) is 4. The van der Waals surface area contributed by atoms with Gasteiger partial charge in [0.2, 0.25) is 5.95 Å². The number of Topliss-reactive ketones (excluding diaryl/α,β-unsaturated/α-hetero) is 1. The molecule has 3 heterocycles. The average molecular weight is 411 g/mol. The molecular weight excluding hydrogens is 394 g/mol. The minimum absolute atomic E-state index is 0.0204. The molecule has 2 aromatic heterocycles. The molecule has 10 heteroatoms. The number of hydrogen-bond donors (Lipinski definition) is 1. The highest BCUT2D eigenvalue weighted by atomic mass is 32.1. The number of methoxy groups -OCH3 is 1. The number of anilines is 1. The van der Waals surface area contributed by atoms with Gasteiger partial charge in [-0.15, -0.1) is 11.3 Å². The molecule has 1 N–H and O–H groups in total. The summed E-state index contributed by atoms with van der Waals surface area (Å²) in [4.78, 5) is 26.8. The first-order chi connectivity index (χ1) is 14.1. The van der Waals surface area contributed by atoms with Crippen molar-refractivity contribution in [3.63, 3.8) is 0 Å². The van der Waals surface area contributed by atoms with Crippen LogP contribution < -0.4 is 10.1 Å². The number of carbonyl (C=O) groups excluding carboxylic acids is 2. The fourth-order valence-electron chi connectivity index (χ4n) is 3.12. The number of hydrogen-bond acceptors (Lipinski definition) is 9. The molecule has 0 bridgehead atoms. The summed E-state index contributed by atoms with van der Waals surface area (Å²) in [7, 11) is 1.26. The Kier molecular flexibility index (Phi) is 5.09. The van der Waals surface area contributed by atoms with Gasteiger partial charge in [-0.3, -0.25) is 4.79 Å². The van der Waals surface area contributed by atoms with Gasteiger partial charge in [-0.05, 0) is 53.1 Å². The van der Waals surface area contributed by atoms with Crippen LogP contribution in [0.3, 0.4) is 0 Å². The lowest BCUT2D eigenvalue weighted by Crippen LogP contribution is -2.32. The van der Waals surface area contributed by atoms with Crippen LogP contribution >= 0.6 is 11.3 Å². The zero-order chi connectivity index (χ0) is 20.4. The lowest BCUT2D eigenvalue weighted by Gasteiger charge is -2.27. The van der Waals surface area contributed by atoms with Gasteiger partial charge < -0.3 is 14.8 Å². The second kappa shape index (κ2) is 7.84. The Morgan fingerprint density at radius 2 is 2.03 bits per heavy atom. The Hall–Kier alpha value is -3.53. The number of nitrogens with one attached hydrogen (secondary N) is 1. The minimum atomic E-state index is -0.671. The van der Waals surface area contributed by atoms with E-state index in [-0.39, 0.29) is 23.0 Å². The van der Waals surface area contributed by atoms with E-state index >= 15 is 0 Å². The number of ketones is 1. The quantitative estimate of drug-likeness (QED) is 0.487. The van der Waals surface area contributed by atoms with Crippen molar-refractivity contribution in [1.29, 1.82) is 0 Å². The molecule has 1 aliphatic rings. The van der Waals surface area contributed by atoms with Gasteiger partial charge in [0.05, 0.1) is 19.3 Å². The van der Waals surface area contributed by atoms with Gasteiger partial charge in [-0.2, -0.15) is 4.68 Å². The molecule has 1 atom stereocenters. The predicted molar refractivity (Wildman–Crippen MR) is 105 cm³/mol. The molecule has 0 saturated carbocycles. The molecule has 4 rings (SSSR count). The highest BCUT2D eigenvalue weighted by Gasteiger charge is 2.38. The smallest absolute Gasteiger partial charge is 0.355 e. The standard InChI is InChI=1S/C19H17N5O4S/c1-3-28-12-8-6-11(7-9-12)17(25)14-15(18(26)27-2)20-19-21-22-23-24(19)16(14)13-5-4-10-29-13/h4-10,16H,3H2,1-2H3,(H,20,21,23)/t16-/m1/s1. The Morgan fingerprint density at radius 3 is 2.69 bits per heavy atom. The Morgan fingerprint density at radius 1 is 1.24 bits per heavy atom. The monoisotopic (exact) mass is 411 g/mol. The van der Waals surface area contributed by atoms with E-state index in [4.69, 9.17) is 9.47 Å². The molecule has 0 radical (unpaired) electrons. The van der Waals surface area contributed by atoms with Crippen molar-refractivity contribution < 1.29 is 19.1 Å². The number of allylic oxidation sites excluding steroid dienone is 1. The van der Waals surface area contributed by atoms with E-state index in [1.165, 1.54) is 23.1 Å². The van der Waals surface area contributed by atoms with Crippen molar-refractivity contribution in [2.24, 2.45) is 0 Å². The van der Waals surface area contributed by atoms with Crippen LogP contribution in [0.4, 0.5) is 5.95 Å². The van der Waals surface area contributed by atoms with E-state index in [1.807, 2.05) is 24.4 Å². The molecule has 29 heavy (non-hydrogen) atoms. The molecule has 1 aliphatic heterocycles. The summed E-state index contributed by atoms with van der Waals surface area (Å²) in [5.41, 5.74) is 0.639. The third-order valence-corrected chi connectivity index (χ3v) is 5.32. The lowest BCUT2D eigenvalue weighted by atomic mass is 9.93. The first-order valence-corrected chi connectivity index (χ1v) is 9.70. The average Bonchev–Trinajstić information content (AvgIpc) is 3.44. The highest BCUT2D eigenvalue weighted by Crippen LogP contribution is 2.38.